The fourth-order valence-electron chi connectivity index (χ4n) is 3.17. The van der Waals surface area contributed by atoms with E-state index in [0.717, 1.165) is 18.5 Å². The number of anilines is 1. The molecule has 0 aliphatic heterocycles. The third-order valence-corrected chi connectivity index (χ3v) is 3.64. The largest absolute Gasteiger partial charge is 0.446 e. The fourth-order valence-corrected chi connectivity index (χ4v) is 3.17. The summed E-state index contributed by atoms with van der Waals surface area (Å²) in [6, 6.07) is 9.41. The average molecular weight is 261 g/mol. The summed E-state index contributed by atoms with van der Waals surface area (Å²) in [7, 11) is 0. The van der Waals surface area contributed by atoms with E-state index in [1.54, 1.807) is 0 Å². The second-order valence-electron chi connectivity index (χ2n) is 6.43. The van der Waals surface area contributed by atoms with Crippen molar-refractivity contribution in [2.75, 3.05) is 5.32 Å². The molecule has 0 saturated heterocycles. The van der Waals surface area contributed by atoms with E-state index in [9.17, 15) is 4.79 Å². The lowest BCUT2D eigenvalue weighted by molar-refractivity contribution is 0.0250. The Balaban J connectivity index is 1.88. The number of hydrogen-bond donors (Lipinski definition) is 1. The Morgan fingerprint density at radius 2 is 1.95 bits per heavy atom. The Morgan fingerprint density at radius 3 is 2.58 bits per heavy atom. The standard InChI is InChI=1S/C16H23NO2/c1-12-9-14(11-16(2,3)10-12)19-15(18)17-13-7-5-4-6-8-13/h4-8,12,14H,9-11H2,1-3H3,(H,17,18)/t12-,14-/m0/s1. The first-order valence-electron chi connectivity index (χ1n) is 6.97. The third kappa shape index (κ3) is 4.27. The molecule has 0 radical (unpaired) electrons. The van der Waals surface area contributed by atoms with Crippen LogP contribution in [0, 0.1) is 11.3 Å². The van der Waals surface area contributed by atoms with Crippen molar-refractivity contribution in [2.45, 2.75) is 46.1 Å². The average Bonchev–Trinajstić information content (AvgIpc) is 2.26. The number of para-hydroxylation sites is 1. The van der Waals surface area contributed by atoms with Gasteiger partial charge in [0.1, 0.15) is 6.10 Å². The Kier molecular flexibility index (Phi) is 4.13. The lowest BCUT2D eigenvalue weighted by Crippen LogP contribution is -2.34. The number of benzene rings is 1. The molecular formula is C16H23NO2. The van der Waals surface area contributed by atoms with Gasteiger partial charge in [-0.25, -0.2) is 4.79 Å². The number of carbonyl (C=O) groups is 1. The Bertz CT molecular complexity index is 428. The van der Waals surface area contributed by atoms with Crippen LogP contribution in [0.4, 0.5) is 10.5 Å². The predicted octanol–water partition coefficient (Wildman–Crippen LogP) is 4.45. The molecule has 0 bridgehead atoms. The zero-order chi connectivity index (χ0) is 13.9. The molecule has 1 aromatic rings. The van der Waals surface area contributed by atoms with Gasteiger partial charge in [0.05, 0.1) is 0 Å². The molecule has 3 nitrogen and oxygen atoms in total. The highest BCUT2D eigenvalue weighted by molar-refractivity contribution is 5.84. The summed E-state index contributed by atoms with van der Waals surface area (Å²) in [4.78, 5) is 11.9. The van der Waals surface area contributed by atoms with Gasteiger partial charge in [0, 0.05) is 5.69 Å². The third-order valence-electron chi connectivity index (χ3n) is 3.64. The SMILES string of the molecule is C[C@H]1C[C@H](OC(=O)Nc2ccccc2)CC(C)(C)C1. The lowest BCUT2D eigenvalue weighted by atomic mass is 9.71. The van der Waals surface area contributed by atoms with E-state index in [1.807, 2.05) is 30.3 Å². The highest BCUT2D eigenvalue weighted by Gasteiger charge is 2.33. The van der Waals surface area contributed by atoms with Gasteiger partial charge < -0.3 is 4.74 Å². The monoisotopic (exact) mass is 261 g/mol. The molecule has 1 fully saturated rings. The molecule has 0 heterocycles. The van der Waals surface area contributed by atoms with E-state index < -0.39 is 0 Å². The van der Waals surface area contributed by atoms with E-state index in [2.05, 4.69) is 26.1 Å². The second-order valence-corrected chi connectivity index (χ2v) is 6.43. The normalized spacial score (nSPS) is 25.6. The molecule has 0 spiro atoms. The van der Waals surface area contributed by atoms with Crippen molar-refractivity contribution in [3.8, 4) is 0 Å². The number of amides is 1. The number of nitrogens with one attached hydrogen (secondary N) is 1. The highest BCUT2D eigenvalue weighted by Crippen LogP contribution is 2.39. The molecule has 0 aromatic heterocycles. The zero-order valence-electron chi connectivity index (χ0n) is 12.0. The van der Waals surface area contributed by atoms with Crippen molar-refractivity contribution in [3.63, 3.8) is 0 Å². The smallest absolute Gasteiger partial charge is 0.411 e. The molecular weight excluding hydrogens is 238 g/mol. The minimum atomic E-state index is -0.346. The van der Waals surface area contributed by atoms with E-state index in [1.165, 1.54) is 6.42 Å². The van der Waals surface area contributed by atoms with E-state index in [-0.39, 0.29) is 17.6 Å². The van der Waals surface area contributed by atoms with Gasteiger partial charge in [-0.05, 0) is 42.7 Å². The summed E-state index contributed by atoms with van der Waals surface area (Å²) in [5, 5.41) is 2.77. The molecule has 1 N–H and O–H groups in total. The quantitative estimate of drug-likeness (QED) is 0.854. The molecule has 1 amide bonds. The van der Waals surface area contributed by atoms with Gasteiger partial charge in [0.25, 0.3) is 0 Å². The molecule has 1 aliphatic carbocycles. The number of rotatable bonds is 2. The van der Waals surface area contributed by atoms with E-state index in [4.69, 9.17) is 4.74 Å². The minimum Gasteiger partial charge on any atom is -0.446 e. The van der Waals surface area contributed by atoms with Crippen molar-refractivity contribution in [3.05, 3.63) is 30.3 Å². The molecule has 2 atom stereocenters. The van der Waals surface area contributed by atoms with Gasteiger partial charge in [0.15, 0.2) is 0 Å². The highest BCUT2D eigenvalue weighted by atomic mass is 16.6. The fraction of sp³-hybridized carbons (Fsp3) is 0.562. The molecule has 3 heteroatoms. The van der Waals surface area contributed by atoms with Crippen LogP contribution in [0.2, 0.25) is 0 Å². The molecule has 1 aromatic carbocycles. The van der Waals surface area contributed by atoms with Crippen LogP contribution in [0.25, 0.3) is 0 Å². The van der Waals surface area contributed by atoms with Crippen molar-refractivity contribution in [1.29, 1.82) is 0 Å². The van der Waals surface area contributed by atoms with Crippen LogP contribution in [0.15, 0.2) is 30.3 Å². The second kappa shape index (κ2) is 5.64. The number of carbonyl (C=O) groups excluding carboxylic acids is 1. The van der Waals surface area contributed by atoms with Crippen LogP contribution < -0.4 is 5.32 Å². The minimum absolute atomic E-state index is 0.0301. The van der Waals surface area contributed by atoms with Crippen LogP contribution >= 0.6 is 0 Å². The Morgan fingerprint density at radius 1 is 1.26 bits per heavy atom. The van der Waals surface area contributed by atoms with E-state index in [0.29, 0.717) is 5.92 Å². The van der Waals surface area contributed by atoms with Crippen molar-refractivity contribution in [1.82, 2.24) is 0 Å². The summed E-state index contributed by atoms with van der Waals surface area (Å²) in [6.45, 7) is 6.72. The van der Waals surface area contributed by atoms with Gasteiger partial charge in [-0.1, -0.05) is 39.0 Å². The van der Waals surface area contributed by atoms with Gasteiger partial charge >= 0.3 is 6.09 Å². The molecule has 2 rings (SSSR count). The topological polar surface area (TPSA) is 38.3 Å². The maximum Gasteiger partial charge on any atom is 0.411 e. The van der Waals surface area contributed by atoms with Crippen molar-refractivity contribution < 1.29 is 9.53 Å². The van der Waals surface area contributed by atoms with E-state index >= 15 is 0 Å². The molecule has 1 aliphatic rings. The number of ether oxygens (including phenoxy) is 1. The Hall–Kier alpha value is -1.51. The molecule has 19 heavy (non-hydrogen) atoms. The van der Waals surface area contributed by atoms with Crippen molar-refractivity contribution >= 4 is 11.8 Å². The first-order valence-corrected chi connectivity index (χ1v) is 6.97. The van der Waals surface area contributed by atoms with Crippen LogP contribution in [0.5, 0.6) is 0 Å². The Labute approximate surface area is 115 Å². The van der Waals surface area contributed by atoms with Crippen molar-refractivity contribution in [2.24, 2.45) is 11.3 Å². The summed E-state index contributed by atoms with van der Waals surface area (Å²) < 4.78 is 5.55. The van der Waals surface area contributed by atoms with Crippen LogP contribution in [-0.4, -0.2) is 12.2 Å². The maximum atomic E-state index is 11.9. The molecule has 1 saturated carbocycles. The first-order chi connectivity index (χ1) is 8.94. The van der Waals surface area contributed by atoms with Crippen LogP contribution in [0.3, 0.4) is 0 Å². The molecule has 0 unspecified atom stereocenters. The number of hydrogen-bond acceptors (Lipinski definition) is 2. The van der Waals surface area contributed by atoms with Gasteiger partial charge in [0.2, 0.25) is 0 Å². The maximum absolute atomic E-state index is 11.9. The summed E-state index contributed by atoms with van der Waals surface area (Å²) >= 11 is 0. The summed E-state index contributed by atoms with van der Waals surface area (Å²) in [5.41, 5.74) is 1.03. The summed E-state index contributed by atoms with van der Waals surface area (Å²) in [6.07, 6.45) is 2.79. The van der Waals surface area contributed by atoms with Crippen LogP contribution in [0.1, 0.15) is 40.0 Å². The van der Waals surface area contributed by atoms with Gasteiger partial charge in [-0.15, -0.1) is 0 Å². The zero-order valence-corrected chi connectivity index (χ0v) is 12.0. The molecule has 104 valence electrons. The summed E-state index contributed by atoms with van der Waals surface area (Å²) in [5.74, 6) is 0.610. The van der Waals surface area contributed by atoms with Gasteiger partial charge in [-0.2, -0.15) is 0 Å². The predicted molar refractivity (Wildman–Crippen MR) is 77.1 cm³/mol. The lowest BCUT2D eigenvalue weighted by Gasteiger charge is -2.38. The van der Waals surface area contributed by atoms with Gasteiger partial charge in [-0.3, -0.25) is 5.32 Å². The van der Waals surface area contributed by atoms with Crippen LogP contribution in [-0.2, 0) is 4.74 Å². The first kappa shape index (κ1) is 13.9.